The van der Waals surface area contributed by atoms with Crippen LogP contribution in [0.2, 0.25) is 0 Å². The molecule has 0 radical (unpaired) electrons. The van der Waals surface area contributed by atoms with Crippen molar-refractivity contribution in [2.75, 3.05) is 25.9 Å². The number of amides is 1. The lowest BCUT2D eigenvalue weighted by molar-refractivity contribution is 0.0466. The SMILES string of the molecule is COc1cc(C)cc2cc(-c3cc(CN4CC[C@](C)(NC(=O)OC(C)(C)C)C4)n4ncnc(N)c34)sc12. The molecule has 9 nitrogen and oxygen atoms in total. The number of carbonyl (C=O) groups is 1. The number of nitrogens with two attached hydrogens (primary N) is 1. The number of aryl methyl sites for hydroxylation is 1. The summed E-state index contributed by atoms with van der Waals surface area (Å²) in [4.78, 5) is 20.1. The Bertz CT molecular complexity index is 1490. The third-order valence-corrected chi connectivity index (χ3v) is 7.81. The molecule has 37 heavy (non-hydrogen) atoms. The van der Waals surface area contributed by atoms with Crippen molar-refractivity contribution >= 4 is 38.9 Å². The molecule has 4 aromatic rings. The van der Waals surface area contributed by atoms with Crippen molar-refractivity contribution < 1.29 is 14.3 Å². The molecule has 1 aliphatic heterocycles. The van der Waals surface area contributed by atoms with Gasteiger partial charge in [-0.05, 0) is 70.2 Å². The number of aromatic nitrogens is 3. The monoisotopic (exact) mass is 522 g/mol. The highest BCUT2D eigenvalue weighted by molar-refractivity contribution is 7.22. The van der Waals surface area contributed by atoms with Gasteiger partial charge in [-0.1, -0.05) is 6.07 Å². The van der Waals surface area contributed by atoms with Gasteiger partial charge in [-0.25, -0.2) is 14.3 Å². The number of ether oxygens (including phenoxy) is 2. The van der Waals surface area contributed by atoms with Gasteiger partial charge in [0.1, 0.15) is 23.2 Å². The van der Waals surface area contributed by atoms with Gasteiger partial charge >= 0.3 is 6.09 Å². The second kappa shape index (κ2) is 9.18. The number of fused-ring (bicyclic) bond motifs is 2. The minimum absolute atomic E-state index is 0.369. The highest BCUT2D eigenvalue weighted by Gasteiger charge is 2.36. The van der Waals surface area contributed by atoms with E-state index < -0.39 is 5.60 Å². The lowest BCUT2D eigenvalue weighted by atomic mass is 10.0. The molecular weight excluding hydrogens is 488 g/mol. The van der Waals surface area contributed by atoms with Crippen molar-refractivity contribution in [2.45, 2.75) is 58.7 Å². The number of likely N-dealkylation sites (tertiary alicyclic amines) is 1. The number of hydrogen-bond donors (Lipinski definition) is 2. The van der Waals surface area contributed by atoms with Gasteiger partial charge in [-0.3, -0.25) is 4.90 Å². The van der Waals surface area contributed by atoms with E-state index in [4.69, 9.17) is 15.2 Å². The van der Waals surface area contributed by atoms with Crippen molar-refractivity contribution in [3.8, 4) is 16.2 Å². The van der Waals surface area contributed by atoms with Gasteiger partial charge in [0.25, 0.3) is 0 Å². The first-order chi connectivity index (χ1) is 17.4. The number of nitrogens with one attached hydrogen (secondary N) is 1. The van der Waals surface area contributed by atoms with Gasteiger partial charge < -0.3 is 20.5 Å². The fraction of sp³-hybridized carbons (Fsp3) is 0.444. The fourth-order valence-electron chi connectivity index (χ4n) is 5.05. The number of hydrogen-bond acceptors (Lipinski definition) is 8. The summed E-state index contributed by atoms with van der Waals surface area (Å²) in [5, 5.41) is 8.75. The molecule has 3 aromatic heterocycles. The highest BCUT2D eigenvalue weighted by atomic mass is 32.1. The maximum Gasteiger partial charge on any atom is 0.408 e. The lowest BCUT2D eigenvalue weighted by Crippen LogP contribution is -2.49. The Morgan fingerprint density at radius 2 is 2.05 bits per heavy atom. The van der Waals surface area contributed by atoms with Crippen molar-refractivity contribution in [1.29, 1.82) is 0 Å². The minimum Gasteiger partial charge on any atom is -0.495 e. The summed E-state index contributed by atoms with van der Waals surface area (Å²) in [6.45, 7) is 11.9. The zero-order valence-electron chi connectivity index (χ0n) is 22.2. The molecule has 1 amide bonds. The second-order valence-electron chi connectivity index (χ2n) is 11.1. The summed E-state index contributed by atoms with van der Waals surface area (Å²) < 4.78 is 14.1. The largest absolute Gasteiger partial charge is 0.495 e. The number of rotatable bonds is 5. The Labute approximate surface area is 220 Å². The Hall–Kier alpha value is -3.37. The molecule has 0 aliphatic carbocycles. The van der Waals surface area contributed by atoms with E-state index in [0.29, 0.717) is 18.9 Å². The van der Waals surface area contributed by atoms with Crippen LogP contribution < -0.4 is 15.8 Å². The molecule has 1 aromatic carbocycles. The summed E-state index contributed by atoms with van der Waals surface area (Å²) in [6.07, 6.45) is 1.93. The van der Waals surface area contributed by atoms with Crippen LogP contribution in [0, 0.1) is 6.92 Å². The van der Waals surface area contributed by atoms with Crippen LogP contribution in [-0.4, -0.2) is 56.9 Å². The van der Waals surface area contributed by atoms with Crippen molar-refractivity contribution in [1.82, 2.24) is 24.8 Å². The summed E-state index contributed by atoms with van der Waals surface area (Å²) in [5.74, 6) is 1.31. The second-order valence-corrected chi connectivity index (χ2v) is 12.2. The number of nitrogen functional groups attached to an aromatic ring is 1. The fourth-order valence-corrected chi connectivity index (χ4v) is 6.20. The van der Waals surface area contributed by atoms with Crippen molar-refractivity contribution in [3.63, 3.8) is 0 Å². The van der Waals surface area contributed by atoms with E-state index in [0.717, 1.165) is 56.0 Å². The molecule has 0 saturated carbocycles. The average Bonchev–Trinajstić information content (AvgIpc) is 3.48. The van der Waals surface area contributed by atoms with Crippen LogP contribution in [0.5, 0.6) is 5.75 Å². The van der Waals surface area contributed by atoms with Gasteiger partial charge in [0, 0.05) is 30.1 Å². The van der Waals surface area contributed by atoms with E-state index in [-0.39, 0.29) is 11.6 Å². The van der Waals surface area contributed by atoms with Crippen LogP contribution in [0.3, 0.4) is 0 Å². The van der Waals surface area contributed by atoms with Crippen LogP contribution in [-0.2, 0) is 11.3 Å². The average molecular weight is 523 g/mol. The maximum absolute atomic E-state index is 12.4. The number of anilines is 1. The van der Waals surface area contributed by atoms with E-state index in [2.05, 4.69) is 58.4 Å². The molecule has 0 unspecified atom stereocenters. The third kappa shape index (κ3) is 5.08. The van der Waals surface area contributed by atoms with Crippen molar-refractivity contribution in [2.24, 2.45) is 0 Å². The van der Waals surface area contributed by atoms with E-state index in [9.17, 15) is 4.79 Å². The molecule has 5 rings (SSSR count). The quantitative estimate of drug-likeness (QED) is 0.380. The maximum atomic E-state index is 12.4. The molecule has 1 saturated heterocycles. The molecule has 196 valence electrons. The van der Waals surface area contributed by atoms with Crippen molar-refractivity contribution in [3.05, 3.63) is 41.9 Å². The number of thiophene rings is 1. The zero-order chi connectivity index (χ0) is 26.5. The first kappa shape index (κ1) is 25.3. The predicted molar refractivity (Wildman–Crippen MR) is 147 cm³/mol. The zero-order valence-corrected chi connectivity index (χ0v) is 23.0. The van der Waals surface area contributed by atoms with Crippen LogP contribution in [0.15, 0.2) is 30.6 Å². The third-order valence-electron chi connectivity index (χ3n) is 6.61. The first-order valence-corrected chi connectivity index (χ1v) is 13.2. The van der Waals surface area contributed by atoms with Gasteiger partial charge in [0.2, 0.25) is 0 Å². The van der Waals surface area contributed by atoms with Crippen LogP contribution in [0.1, 0.15) is 45.4 Å². The first-order valence-electron chi connectivity index (χ1n) is 12.4. The Kier molecular flexibility index (Phi) is 6.27. The highest BCUT2D eigenvalue weighted by Crippen LogP contribution is 2.42. The number of benzene rings is 1. The van der Waals surface area contributed by atoms with Crippen LogP contribution in [0.4, 0.5) is 10.6 Å². The molecule has 4 heterocycles. The molecule has 1 atom stereocenters. The van der Waals surface area contributed by atoms with E-state index >= 15 is 0 Å². The number of nitrogens with zero attached hydrogens (tertiary/aromatic N) is 4. The summed E-state index contributed by atoms with van der Waals surface area (Å²) >= 11 is 1.68. The van der Waals surface area contributed by atoms with E-state index in [1.54, 1.807) is 18.4 Å². The Morgan fingerprint density at radius 1 is 1.27 bits per heavy atom. The number of alkyl carbamates (subject to hydrolysis) is 1. The molecule has 0 spiro atoms. The number of methoxy groups -OCH3 is 1. The van der Waals surface area contributed by atoms with Gasteiger partial charge in [-0.15, -0.1) is 11.3 Å². The summed E-state index contributed by atoms with van der Waals surface area (Å²) in [7, 11) is 1.70. The molecule has 1 aliphatic rings. The Balaban J connectivity index is 1.44. The molecule has 1 fully saturated rings. The van der Waals surface area contributed by atoms with Gasteiger partial charge in [0.15, 0.2) is 5.82 Å². The van der Waals surface area contributed by atoms with E-state index in [1.165, 1.54) is 6.33 Å². The smallest absolute Gasteiger partial charge is 0.408 e. The summed E-state index contributed by atoms with van der Waals surface area (Å²) in [5.41, 5.74) is 9.44. The predicted octanol–water partition coefficient (Wildman–Crippen LogP) is 5.00. The minimum atomic E-state index is -0.533. The standard InChI is InChI=1S/C27H34N6O3S/c1-16-9-17-11-21(37-23(17)20(10-16)35-6)19-12-18(33-22(19)24(28)29-15-30-33)13-32-8-7-27(5,14-32)31-25(34)36-26(2,3)4/h9-12,15H,7-8,13-14H2,1-6H3,(H,31,34)(H2,28,29,30)/t27-/m0/s1. The molecule has 0 bridgehead atoms. The number of carbonyl (C=O) groups excluding carboxylic acids is 1. The molecular formula is C27H34N6O3S. The molecule has 10 heteroatoms. The van der Waals surface area contributed by atoms with Gasteiger partial charge in [-0.2, -0.15) is 5.10 Å². The lowest BCUT2D eigenvalue weighted by Gasteiger charge is -2.28. The van der Waals surface area contributed by atoms with Gasteiger partial charge in [0.05, 0.1) is 23.0 Å². The molecule has 3 N–H and O–H groups in total. The summed E-state index contributed by atoms with van der Waals surface area (Å²) in [6, 6.07) is 8.55. The van der Waals surface area contributed by atoms with Crippen LogP contribution >= 0.6 is 11.3 Å². The Morgan fingerprint density at radius 3 is 2.78 bits per heavy atom. The van der Waals surface area contributed by atoms with E-state index in [1.807, 2.05) is 25.3 Å². The normalized spacial score (nSPS) is 18.5. The topological polar surface area (TPSA) is 107 Å². The van der Waals surface area contributed by atoms with Crippen LogP contribution in [0.25, 0.3) is 26.0 Å².